The van der Waals surface area contributed by atoms with Crippen molar-refractivity contribution < 1.29 is 9.59 Å². The molecule has 4 nitrogen and oxygen atoms in total. The van der Waals surface area contributed by atoms with Gasteiger partial charge in [0.1, 0.15) is 0 Å². The summed E-state index contributed by atoms with van der Waals surface area (Å²) >= 11 is 5.86. The van der Waals surface area contributed by atoms with Crippen molar-refractivity contribution in [3.8, 4) is 0 Å². The Bertz CT molecular complexity index is 611. The molecule has 1 aliphatic rings. The van der Waals surface area contributed by atoms with Crippen LogP contribution in [0.1, 0.15) is 44.6 Å². The van der Waals surface area contributed by atoms with Crippen LogP contribution in [0.15, 0.2) is 35.9 Å². The first-order valence-electron chi connectivity index (χ1n) is 8.99. The molecule has 0 saturated carbocycles. The highest BCUT2D eigenvalue weighted by molar-refractivity contribution is 6.30. The van der Waals surface area contributed by atoms with Gasteiger partial charge in [-0.3, -0.25) is 9.59 Å². The van der Waals surface area contributed by atoms with E-state index in [-0.39, 0.29) is 18.4 Å². The van der Waals surface area contributed by atoms with Gasteiger partial charge in [-0.15, -0.1) is 0 Å². The zero-order valence-electron chi connectivity index (χ0n) is 14.9. The summed E-state index contributed by atoms with van der Waals surface area (Å²) in [6.45, 7) is 2.82. The number of carbonyl (C=O) groups is 2. The summed E-state index contributed by atoms with van der Waals surface area (Å²) in [7, 11) is 0. The number of nitrogens with zero attached hydrogens (tertiary/aromatic N) is 1. The smallest absolute Gasteiger partial charge is 0.239 e. The normalized spacial score (nSPS) is 13.9. The molecule has 25 heavy (non-hydrogen) atoms. The average Bonchev–Trinajstić information content (AvgIpc) is 2.61. The number of carbonyl (C=O) groups excluding carboxylic acids is 2. The molecule has 0 saturated heterocycles. The summed E-state index contributed by atoms with van der Waals surface area (Å²) < 4.78 is 0. The van der Waals surface area contributed by atoms with Gasteiger partial charge in [0, 0.05) is 25.0 Å². The third-order valence-electron chi connectivity index (χ3n) is 4.52. The van der Waals surface area contributed by atoms with Gasteiger partial charge in [0.25, 0.3) is 0 Å². The zero-order valence-corrected chi connectivity index (χ0v) is 15.6. The van der Waals surface area contributed by atoms with Gasteiger partial charge in [-0.2, -0.15) is 0 Å². The van der Waals surface area contributed by atoms with Gasteiger partial charge in [0.15, 0.2) is 0 Å². The number of allylic oxidation sites excluding steroid dienone is 1. The lowest BCUT2D eigenvalue weighted by molar-refractivity contribution is -0.134. The predicted octanol–water partition coefficient (Wildman–Crippen LogP) is 3.74. The van der Waals surface area contributed by atoms with Crippen LogP contribution in [0.25, 0.3) is 0 Å². The minimum Gasteiger partial charge on any atom is -0.354 e. The lowest BCUT2D eigenvalue weighted by Gasteiger charge is -2.22. The first-order chi connectivity index (χ1) is 12.0. The molecule has 0 fully saturated rings. The van der Waals surface area contributed by atoms with Gasteiger partial charge in [0.2, 0.25) is 11.8 Å². The van der Waals surface area contributed by atoms with E-state index in [1.807, 2.05) is 24.3 Å². The maximum atomic E-state index is 12.1. The Kier molecular flexibility index (Phi) is 7.99. The third kappa shape index (κ3) is 7.30. The Labute approximate surface area is 155 Å². The monoisotopic (exact) mass is 362 g/mol. The fraction of sp³-hybridized carbons (Fsp3) is 0.500. The zero-order chi connectivity index (χ0) is 18.1. The van der Waals surface area contributed by atoms with Crippen molar-refractivity contribution in [1.29, 1.82) is 0 Å². The first kappa shape index (κ1) is 19.5. The van der Waals surface area contributed by atoms with Crippen LogP contribution in [-0.2, 0) is 16.0 Å². The maximum absolute atomic E-state index is 12.1. The number of nitrogens with one attached hydrogen (secondary N) is 1. The van der Waals surface area contributed by atoms with E-state index in [9.17, 15) is 9.59 Å². The minimum absolute atomic E-state index is 0.0516. The molecule has 136 valence electrons. The molecule has 0 radical (unpaired) electrons. The molecule has 0 atom stereocenters. The summed E-state index contributed by atoms with van der Waals surface area (Å²) in [4.78, 5) is 25.5. The van der Waals surface area contributed by atoms with Crippen LogP contribution in [0.3, 0.4) is 0 Å². The molecule has 0 spiro atoms. The van der Waals surface area contributed by atoms with Crippen LogP contribution in [0.2, 0.25) is 5.02 Å². The quantitative estimate of drug-likeness (QED) is 0.716. The molecule has 2 rings (SSSR count). The van der Waals surface area contributed by atoms with Gasteiger partial charge in [-0.25, -0.2) is 0 Å². The molecular formula is C20H27ClN2O2. The lowest BCUT2D eigenvalue weighted by atomic mass is 9.97. The van der Waals surface area contributed by atoms with Crippen molar-refractivity contribution in [2.24, 2.45) is 0 Å². The molecular weight excluding hydrogens is 336 g/mol. The largest absolute Gasteiger partial charge is 0.354 e. The van der Waals surface area contributed by atoms with E-state index in [1.165, 1.54) is 25.3 Å². The van der Waals surface area contributed by atoms with Crippen LogP contribution in [0.4, 0.5) is 0 Å². The number of halogens is 1. The molecule has 1 aromatic rings. The van der Waals surface area contributed by atoms with Gasteiger partial charge < -0.3 is 10.2 Å². The highest BCUT2D eigenvalue weighted by Gasteiger charge is 2.14. The van der Waals surface area contributed by atoms with Crippen LogP contribution in [0.5, 0.6) is 0 Å². The molecule has 1 N–H and O–H groups in total. The fourth-order valence-corrected chi connectivity index (χ4v) is 3.11. The first-order valence-corrected chi connectivity index (χ1v) is 9.37. The second kappa shape index (κ2) is 10.2. The summed E-state index contributed by atoms with van der Waals surface area (Å²) in [6, 6.07) is 7.59. The molecule has 0 heterocycles. The number of hydrogen-bond acceptors (Lipinski definition) is 2. The maximum Gasteiger partial charge on any atom is 0.239 e. The Morgan fingerprint density at radius 1 is 1.16 bits per heavy atom. The van der Waals surface area contributed by atoms with Crippen molar-refractivity contribution in [1.82, 2.24) is 10.2 Å². The summed E-state index contributed by atoms with van der Waals surface area (Å²) in [6.07, 6.45) is 8.66. The van der Waals surface area contributed by atoms with E-state index in [2.05, 4.69) is 11.4 Å². The van der Waals surface area contributed by atoms with E-state index in [0.29, 0.717) is 18.1 Å². The molecule has 0 aromatic heterocycles. The van der Waals surface area contributed by atoms with E-state index >= 15 is 0 Å². The van der Waals surface area contributed by atoms with Gasteiger partial charge in [0.05, 0.1) is 6.54 Å². The second-order valence-electron chi connectivity index (χ2n) is 6.53. The topological polar surface area (TPSA) is 49.4 Å². The number of benzene rings is 1. The van der Waals surface area contributed by atoms with E-state index in [1.54, 1.807) is 4.90 Å². The Morgan fingerprint density at radius 2 is 1.92 bits per heavy atom. The van der Waals surface area contributed by atoms with Gasteiger partial charge in [-0.1, -0.05) is 35.4 Å². The van der Waals surface area contributed by atoms with E-state index < -0.39 is 0 Å². The standard InChI is InChI=1S/C20H27ClN2O2/c1-16(24)23(14-12-17-5-3-2-4-6-17)15-20(25)22-13-11-18-7-9-19(21)10-8-18/h5,7-10H,2-4,6,11-15H2,1H3,(H,22,25). The second-order valence-corrected chi connectivity index (χ2v) is 6.96. The van der Waals surface area contributed by atoms with Crippen molar-refractivity contribution in [2.75, 3.05) is 19.6 Å². The van der Waals surface area contributed by atoms with Crippen molar-refractivity contribution in [3.05, 3.63) is 46.5 Å². The average molecular weight is 363 g/mol. The Morgan fingerprint density at radius 3 is 2.56 bits per heavy atom. The van der Waals surface area contributed by atoms with Crippen molar-refractivity contribution in [3.63, 3.8) is 0 Å². The Balaban J connectivity index is 1.72. The van der Waals surface area contributed by atoms with Crippen molar-refractivity contribution >= 4 is 23.4 Å². The van der Waals surface area contributed by atoms with Gasteiger partial charge in [-0.05, 0) is 56.2 Å². The van der Waals surface area contributed by atoms with Crippen molar-refractivity contribution in [2.45, 2.75) is 45.4 Å². The lowest BCUT2D eigenvalue weighted by Crippen LogP contribution is -2.40. The minimum atomic E-state index is -0.109. The summed E-state index contributed by atoms with van der Waals surface area (Å²) in [5, 5.41) is 3.60. The van der Waals surface area contributed by atoms with Crippen LogP contribution in [-0.4, -0.2) is 36.3 Å². The molecule has 1 aromatic carbocycles. The molecule has 1 aliphatic carbocycles. The molecule has 0 bridgehead atoms. The third-order valence-corrected chi connectivity index (χ3v) is 4.77. The summed E-state index contributed by atoms with van der Waals surface area (Å²) in [5.41, 5.74) is 2.54. The molecule has 0 aliphatic heterocycles. The van der Waals surface area contributed by atoms with Crippen LogP contribution < -0.4 is 5.32 Å². The predicted molar refractivity (Wildman–Crippen MR) is 102 cm³/mol. The van der Waals surface area contributed by atoms with E-state index in [4.69, 9.17) is 11.6 Å². The highest BCUT2D eigenvalue weighted by atomic mass is 35.5. The number of rotatable bonds is 8. The Hall–Kier alpha value is -1.81. The number of amides is 2. The van der Waals surface area contributed by atoms with Crippen LogP contribution >= 0.6 is 11.6 Å². The molecule has 5 heteroatoms. The SMILES string of the molecule is CC(=O)N(CCC1=CCCCC1)CC(=O)NCCc1ccc(Cl)cc1. The van der Waals surface area contributed by atoms with Gasteiger partial charge >= 0.3 is 0 Å². The fourth-order valence-electron chi connectivity index (χ4n) is 2.98. The summed E-state index contributed by atoms with van der Waals surface area (Å²) in [5.74, 6) is -0.161. The highest BCUT2D eigenvalue weighted by Crippen LogP contribution is 2.20. The molecule has 0 unspecified atom stereocenters. The number of hydrogen-bond donors (Lipinski definition) is 1. The van der Waals surface area contributed by atoms with E-state index in [0.717, 1.165) is 31.2 Å². The van der Waals surface area contributed by atoms with Crippen LogP contribution in [0, 0.1) is 0 Å². The molecule has 2 amide bonds.